The number of hydrogen-bond donors (Lipinski definition) is 1. The van der Waals surface area contributed by atoms with Gasteiger partial charge in [0.25, 0.3) is 0 Å². The first kappa shape index (κ1) is 19.1. The van der Waals surface area contributed by atoms with E-state index >= 15 is 0 Å². The molecule has 0 saturated carbocycles. The summed E-state index contributed by atoms with van der Waals surface area (Å²) in [7, 11) is 0. The average Bonchev–Trinajstić information content (AvgIpc) is 2.67. The lowest BCUT2D eigenvalue weighted by atomic mass is 9.89. The molecule has 2 aromatic carbocycles. The van der Waals surface area contributed by atoms with Crippen molar-refractivity contribution < 1.29 is 19.3 Å². The molecule has 0 radical (unpaired) electrons. The van der Waals surface area contributed by atoms with Crippen LogP contribution in [0.1, 0.15) is 25.0 Å². The van der Waals surface area contributed by atoms with Crippen LogP contribution in [0.15, 0.2) is 60.7 Å². The minimum absolute atomic E-state index is 0.0150. The van der Waals surface area contributed by atoms with E-state index in [1.54, 1.807) is 0 Å². The molecule has 1 saturated heterocycles. The van der Waals surface area contributed by atoms with Gasteiger partial charge in [0.15, 0.2) is 0 Å². The van der Waals surface area contributed by atoms with Crippen molar-refractivity contribution in [1.29, 1.82) is 0 Å². The molecule has 4 heteroatoms. The maximum atomic E-state index is 10.7. The molecule has 2 unspecified atom stereocenters. The summed E-state index contributed by atoms with van der Waals surface area (Å²) in [6.07, 6.45) is -1.31. The van der Waals surface area contributed by atoms with E-state index in [4.69, 9.17) is 14.2 Å². The summed E-state index contributed by atoms with van der Waals surface area (Å²) in [5.74, 6) is 0.0150. The zero-order valence-corrected chi connectivity index (χ0v) is 15.5. The van der Waals surface area contributed by atoms with Crippen molar-refractivity contribution in [3.05, 3.63) is 71.8 Å². The molecule has 0 bridgehead atoms. The van der Waals surface area contributed by atoms with E-state index in [9.17, 15) is 5.11 Å². The van der Waals surface area contributed by atoms with Gasteiger partial charge in [-0.15, -0.1) is 0 Å². The summed E-state index contributed by atoms with van der Waals surface area (Å²) >= 11 is 0. The minimum atomic E-state index is -0.576. The Balaban J connectivity index is 1.59. The molecule has 26 heavy (non-hydrogen) atoms. The molecule has 1 aliphatic heterocycles. The maximum absolute atomic E-state index is 10.7. The van der Waals surface area contributed by atoms with Crippen LogP contribution in [0.5, 0.6) is 0 Å². The van der Waals surface area contributed by atoms with Gasteiger partial charge in [0.2, 0.25) is 0 Å². The third-order valence-electron chi connectivity index (χ3n) is 5.05. The van der Waals surface area contributed by atoms with Crippen molar-refractivity contribution in [1.82, 2.24) is 0 Å². The second-order valence-electron chi connectivity index (χ2n) is 6.99. The van der Waals surface area contributed by atoms with E-state index in [-0.39, 0.29) is 18.1 Å². The number of aliphatic hydroxyl groups is 1. The third-order valence-corrected chi connectivity index (χ3v) is 5.05. The standard InChI is InChI=1S/C22H28O4/c1-16-17(2)26-20(15-24-13-18-9-5-3-6-10-18)22(21(16)23)25-14-19-11-7-4-8-12-19/h3-12,16-17,20-23H,13-15H2,1-2H3/t16?,17-,20?,21+,22-/m0/s1. The highest BCUT2D eigenvalue weighted by molar-refractivity contribution is 5.14. The summed E-state index contributed by atoms with van der Waals surface area (Å²) in [6, 6.07) is 20.0. The van der Waals surface area contributed by atoms with E-state index < -0.39 is 12.2 Å². The quantitative estimate of drug-likeness (QED) is 0.824. The van der Waals surface area contributed by atoms with E-state index in [1.807, 2.05) is 74.5 Å². The van der Waals surface area contributed by atoms with Gasteiger partial charge >= 0.3 is 0 Å². The van der Waals surface area contributed by atoms with E-state index in [2.05, 4.69) is 0 Å². The van der Waals surface area contributed by atoms with Gasteiger partial charge in [-0.25, -0.2) is 0 Å². The van der Waals surface area contributed by atoms with E-state index in [1.165, 1.54) is 0 Å². The van der Waals surface area contributed by atoms with Crippen LogP contribution in [0, 0.1) is 5.92 Å². The first-order valence-electron chi connectivity index (χ1n) is 9.26. The molecule has 140 valence electrons. The Kier molecular flexibility index (Phi) is 6.80. The Morgan fingerprint density at radius 2 is 1.46 bits per heavy atom. The first-order chi connectivity index (χ1) is 12.6. The highest BCUT2D eigenvalue weighted by Gasteiger charge is 2.42. The Hall–Kier alpha value is -1.72. The lowest BCUT2D eigenvalue weighted by Crippen LogP contribution is -2.55. The largest absolute Gasteiger partial charge is 0.390 e. The molecular formula is C22H28O4. The topological polar surface area (TPSA) is 47.9 Å². The molecule has 0 aliphatic carbocycles. The normalized spacial score (nSPS) is 28.8. The number of hydrogen-bond acceptors (Lipinski definition) is 4. The summed E-state index contributed by atoms with van der Waals surface area (Å²) in [5, 5.41) is 10.7. The SMILES string of the molecule is CC1[C@H](C)OC(COCc2ccccc2)[C@H](OCc2ccccc2)[C@@H]1O. The Morgan fingerprint density at radius 1 is 0.885 bits per heavy atom. The van der Waals surface area contributed by atoms with Gasteiger partial charge in [-0.3, -0.25) is 0 Å². The van der Waals surface area contributed by atoms with Gasteiger partial charge in [0.1, 0.15) is 12.2 Å². The summed E-state index contributed by atoms with van der Waals surface area (Å²) in [6.45, 7) is 5.34. The summed E-state index contributed by atoms with van der Waals surface area (Å²) < 4.78 is 18.0. The minimum Gasteiger partial charge on any atom is -0.390 e. The highest BCUT2D eigenvalue weighted by atomic mass is 16.6. The van der Waals surface area contributed by atoms with Crippen molar-refractivity contribution in [3.8, 4) is 0 Å². The number of ether oxygens (including phenoxy) is 3. The molecule has 1 aliphatic rings. The van der Waals surface area contributed by atoms with Crippen LogP contribution >= 0.6 is 0 Å². The molecule has 0 amide bonds. The second kappa shape index (κ2) is 9.28. The first-order valence-corrected chi connectivity index (χ1v) is 9.26. The molecule has 0 spiro atoms. The Labute approximate surface area is 155 Å². The van der Waals surface area contributed by atoms with Crippen LogP contribution in [0.3, 0.4) is 0 Å². The predicted molar refractivity (Wildman–Crippen MR) is 101 cm³/mol. The highest BCUT2D eigenvalue weighted by Crippen LogP contribution is 2.28. The molecule has 4 nitrogen and oxygen atoms in total. The average molecular weight is 356 g/mol. The van der Waals surface area contributed by atoms with Gasteiger partial charge < -0.3 is 19.3 Å². The smallest absolute Gasteiger partial charge is 0.113 e. The maximum Gasteiger partial charge on any atom is 0.113 e. The lowest BCUT2D eigenvalue weighted by Gasteiger charge is -2.42. The zero-order valence-electron chi connectivity index (χ0n) is 15.5. The molecular weight excluding hydrogens is 328 g/mol. The van der Waals surface area contributed by atoms with Crippen LogP contribution in [0.25, 0.3) is 0 Å². The van der Waals surface area contributed by atoms with Crippen LogP contribution < -0.4 is 0 Å². The summed E-state index contributed by atoms with van der Waals surface area (Å²) in [5.41, 5.74) is 2.20. The number of aliphatic hydroxyl groups excluding tert-OH is 1. The van der Waals surface area contributed by atoms with Gasteiger partial charge in [-0.2, -0.15) is 0 Å². The van der Waals surface area contributed by atoms with E-state index in [0.717, 1.165) is 11.1 Å². The number of rotatable bonds is 7. The van der Waals surface area contributed by atoms with Gasteiger partial charge in [0.05, 0.1) is 32.0 Å². The monoisotopic (exact) mass is 356 g/mol. The molecule has 1 N–H and O–H groups in total. The molecule has 2 aromatic rings. The molecule has 1 heterocycles. The second-order valence-corrected chi connectivity index (χ2v) is 6.99. The van der Waals surface area contributed by atoms with Crippen molar-refractivity contribution in [2.45, 2.75) is 51.5 Å². The van der Waals surface area contributed by atoms with Crippen molar-refractivity contribution in [2.24, 2.45) is 5.92 Å². The lowest BCUT2D eigenvalue weighted by molar-refractivity contribution is -0.224. The third kappa shape index (κ3) is 4.92. The molecule has 1 fully saturated rings. The molecule has 3 rings (SSSR count). The van der Waals surface area contributed by atoms with Gasteiger partial charge in [-0.1, -0.05) is 67.6 Å². The Morgan fingerprint density at radius 3 is 2.08 bits per heavy atom. The summed E-state index contributed by atoms with van der Waals surface area (Å²) in [4.78, 5) is 0. The van der Waals surface area contributed by atoms with Gasteiger partial charge in [0, 0.05) is 5.92 Å². The molecule has 0 aromatic heterocycles. The van der Waals surface area contributed by atoms with Crippen LogP contribution in [0.4, 0.5) is 0 Å². The predicted octanol–water partition coefficient (Wildman–Crippen LogP) is 3.57. The van der Waals surface area contributed by atoms with Gasteiger partial charge in [-0.05, 0) is 18.1 Å². The van der Waals surface area contributed by atoms with Crippen LogP contribution in [-0.4, -0.2) is 36.1 Å². The fraction of sp³-hybridized carbons (Fsp3) is 0.455. The van der Waals surface area contributed by atoms with Crippen LogP contribution in [-0.2, 0) is 27.4 Å². The zero-order chi connectivity index (χ0) is 18.4. The Bertz CT molecular complexity index is 646. The molecule has 5 atom stereocenters. The fourth-order valence-corrected chi connectivity index (χ4v) is 3.25. The number of benzene rings is 2. The van der Waals surface area contributed by atoms with Crippen molar-refractivity contribution >= 4 is 0 Å². The fourth-order valence-electron chi connectivity index (χ4n) is 3.25. The van der Waals surface area contributed by atoms with Crippen LogP contribution in [0.2, 0.25) is 0 Å². The van der Waals surface area contributed by atoms with Crippen molar-refractivity contribution in [2.75, 3.05) is 6.61 Å². The van der Waals surface area contributed by atoms with E-state index in [0.29, 0.717) is 19.8 Å². The van der Waals surface area contributed by atoms with Crippen molar-refractivity contribution in [3.63, 3.8) is 0 Å².